The molecule has 88 heavy (non-hydrogen) atoms. The summed E-state index contributed by atoms with van der Waals surface area (Å²) >= 11 is 1.58. The third-order valence-corrected chi connectivity index (χ3v) is 19.8. The van der Waals surface area contributed by atoms with Crippen LogP contribution in [0.25, 0.3) is 43.4 Å². The molecule has 0 saturated carbocycles. The van der Waals surface area contributed by atoms with Crippen LogP contribution in [0.3, 0.4) is 0 Å². The number of fused-ring (bicyclic) bond motifs is 4. The molecule has 4 aromatic heterocycles. The van der Waals surface area contributed by atoms with Gasteiger partial charge >= 0.3 is 12.1 Å². The maximum Gasteiger partial charge on any atom is 0.409 e. The normalized spacial score (nSPS) is 21.8. The molecule has 0 spiro atoms. The molecule has 9 heterocycles. The number of amides is 3. The van der Waals surface area contributed by atoms with Gasteiger partial charge in [-0.25, -0.2) is 14.2 Å². The molecule has 20 nitrogen and oxygen atoms in total. The predicted octanol–water partition coefficient (Wildman–Crippen LogP) is 9.46. The first kappa shape index (κ1) is 60.7. The lowest BCUT2D eigenvalue weighted by molar-refractivity contribution is -0.141. The van der Waals surface area contributed by atoms with Gasteiger partial charge in [0.15, 0.2) is 17.4 Å². The van der Waals surface area contributed by atoms with Crippen molar-refractivity contribution >= 4 is 62.6 Å². The second kappa shape index (κ2) is 25.9. The van der Waals surface area contributed by atoms with Crippen molar-refractivity contribution < 1.29 is 43.0 Å². The first-order chi connectivity index (χ1) is 42.5. The molecule has 5 fully saturated rings. The number of pyridine rings is 1. The molecule has 7 aromatic rings. The maximum atomic E-state index is 17.4. The van der Waals surface area contributed by atoms with Crippen LogP contribution >= 0.6 is 11.3 Å². The number of ether oxygens (including phenoxy) is 2. The number of aromatic hydroxyl groups is 1. The fourth-order valence-electron chi connectivity index (χ4n) is 13.8. The average molecular weight is 1220 g/mol. The van der Waals surface area contributed by atoms with E-state index in [4.69, 9.17) is 28.9 Å². The van der Waals surface area contributed by atoms with Crippen LogP contribution in [-0.2, 0) is 20.7 Å². The number of aliphatic hydroxyl groups excluding tert-OH is 1. The largest absolute Gasteiger partial charge is 0.508 e. The summed E-state index contributed by atoms with van der Waals surface area (Å²) < 4.78 is 36.0. The van der Waals surface area contributed by atoms with Gasteiger partial charge in [-0.1, -0.05) is 75.3 Å². The number of phenolic OH excluding ortho intramolecular Hbond substituents is 1. The Morgan fingerprint density at radius 3 is 2.45 bits per heavy atom. The van der Waals surface area contributed by atoms with E-state index in [0.717, 1.165) is 83.1 Å². The van der Waals surface area contributed by atoms with Gasteiger partial charge in [-0.15, -0.1) is 11.3 Å². The van der Waals surface area contributed by atoms with Crippen molar-refractivity contribution in [2.75, 3.05) is 75.4 Å². The zero-order valence-corrected chi connectivity index (χ0v) is 52.0. The first-order valence-corrected chi connectivity index (χ1v) is 32.3. The van der Waals surface area contributed by atoms with Gasteiger partial charge in [0.05, 0.1) is 46.8 Å². The lowest BCUT2D eigenvalue weighted by Crippen LogP contribution is -2.51. The van der Waals surface area contributed by atoms with Gasteiger partial charge in [0.1, 0.15) is 34.7 Å². The Balaban J connectivity index is 0.691. The molecule has 5 saturated heterocycles. The van der Waals surface area contributed by atoms with E-state index in [2.05, 4.69) is 37.9 Å². The molecule has 12 rings (SSSR count). The van der Waals surface area contributed by atoms with Crippen LogP contribution in [0.4, 0.5) is 20.8 Å². The van der Waals surface area contributed by atoms with Crippen molar-refractivity contribution in [1.29, 1.82) is 0 Å². The van der Waals surface area contributed by atoms with Crippen LogP contribution in [0.15, 0.2) is 76.9 Å². The van der Waals surface area contributed by atoms with Gasteiger partial charge in [-0.2, -0.15) is 9.97 Å². The molecule has 5 N–H and O–H groups in total. The summed E-state index contributed by atoms with van der Waals surface area (Å²) in [5.41, 5.74) is 5.92. The van der Waals surface area contributed by atoms with Crippen molar-refractivity contribution in [1.82, 2.24) is 50.8 Å². The van der Waals surface area contributed by atoms with Crippen molar-refractivity contribution in [3.05, 3.63) is 101 Å². The molecule has 22 heteroatoms. The zero-order chi connectivity index (χ0) is 61.4. The number of likely N-dealkylation sites (tertiary alicyclic amines) is 1. The minimum atomic E-state index is -0.873. The zero-order valence-electron chi connectivity index (χ0n) is 51.1. The number of rotatable bonds is 20. The van der Waals surface area contributed by atoms with E-state index in [9.17, 15) is 24.6 Å². The van der Waals surface area contributed by atoms with Gasteiger partial charge < -0.3 is 59.8 Å². The lowest BCUT2D eigenvalue weighted by atomic mass is 9.82. The molecular weight excluding hydrogens is 1140 g/mol. The van der Waals surface area contributed by atoms with E-state index in [-0.39, 0.29) is 85.0 Å². The van der Waals surface area contributed by atoms with Crippen LogP contribution < -0.4 is 30.5 Å². The summed E-state index contributed by atoms with van der Waals surface area (Å²) in [5.74, 6) is -0.801. The number of hydrogen-bond acceptors (Lipinski definition) is 18. The Bertz CT molecular complexity index is 3650. The summed E-state index contributed by atoms with van der Waals surface area (Å²) in [6.07, 6.45) is 7.61. The number of β-amino-alcohol motifs (C(OH)–C–C–N with tert-alkyl or cyclic N) is 1. The van der Waals surface area contributed by atoms with Crippen LogP contribution in [0, 0.1) is 24.1 Å². The summed E-state index contributed by atoms with van der Waals surface area (Å²) in [4.78, 5) is 69.8. The van der Waals surface area contributed by atoms with Crippen molar-refractivity contribution in [3.8, 4) is 33.5 Å². The number of halogens is 1. The molecule has 5 aliphatic rings. The highest BCUT2D eigenvalue weighted by Crippen LogP contribution is 2.41. The maximum absolute atomic E-state index is 17.4. The molecule has 466 valence electrons. The van der Waals surface area contributed by atoms with Gasteiger partial charge in [-0.3, -0.25) is 14.6 Å². The van der Waals surface area contributed by atoms with Crippen LogP contribution in [0.1, 0.15) is 121 Å². The highest BCUT2D eigenvalue weighted by Gasteiger charge is 2.44. The van der Waals surface area contributed by atoms with Gasteiger partial charge in [0.25, 0.3) is 0 Å². The van der Waals surface area contributed by atoms with Crippen molar-refractivity contribution in [2.24, 2.45) is 11.3 Å². The molecular formula is C66H81FN12O8S. The minimum absolute atomic E-state index is 0.0126. The fraction of sp³-hybridized carbons (Fsp3) is 0.515. The molecule has 2 bridgehead atoms. The van der Waals surface area contributed by atoms with Gasteiger partial charge in [-0.05, 0) is 117 Å². The molecule has 8 atom stereocenters. The van der Waals surface area contributed by atoms with E-state index in [1.54, 1.807) is 40.6 Å². The fourth-order valence-corrected chi connectivity index (χ4v) is 14.6. The number of nitrogens with zero attached hydrogens (tertiary/aromatic N) is 9. The quantitative estimate of drug-likeness (QED) is 0.0478. The molecule has 4 unspecified atom stereocenters. The number of thiazole rings is 1. The van der Waals surface area contributed by atoms with Crippen LogP contribution in [0.5, 0.6) is 11.8 Å². The van der Waals surface area contributed by atoms with E-state index >= 15 is 4.39 Å². The number of carbonyl (C=O) groups is 3. The second-order valence-corrected chi connectivity index (χ2v) is 26.4. The summed E-state index contributed by atoms with van der Waals surface area (Å²) in [7, 11) is 0. The van der Waals surface area contributed by atoms with E-state index in [1.807, 2.05) is 87.5 Å². The number of aliphatic hydroxyl groups is 1. The van der Waals surface area contributed by atoms with E-state index < -0.39 is 35.4 Å². The average Bonchev–Trinajstić information content (AvgIpc) is 3.12. The molecule has 3 amide bonds. The Morgan fingerprint density at radius 1 is 0.955 bits per heavy atom. The smallest absolute Gasteiger partial charge is 0.409 e. The van der Waals surface area contributed by atoms with Crippen LogP contribution in [-0.4, -0.2) is 159 Å². The monoisotopic (exact) mass is 1220 g/mol. The highest BCUT2D eigenvalue weighted by molar-refractivity contribution is 7.13. The number of benzene rings is 3. The molecule has 5 aliphatic heterocycles. The van der Waals surface area contributed by atoms with E-state index in [0.29, 0.717) is 86.5 Å². The van der Waals surface area contributed by atoms with E-state index in [1.165, 1.54) is 4.90 Å². The van der Waals surface area contributed by atoms with Crippen molar-refractivity contribution in [2.45, 2.75) is 142 Å². The Kier molecular flexibility index (Phi) is 17.9. The lowest BCUT2D eigenvalue weighted by Gasteiger charge is -2.35. The number of aryl methyl sites for hydroxylation is 2. The van der Waals surface area contributed by atoms with Gasteiger partial charge in [0, 0.05) is 93.6 Å². The first-order valence-electron chi connectivity index (χ1n) is 31.4. The number of phenols is 1. The highest BCUT2D eigenvalue weighted by atomic mass is 32.1. The van der Waals surface area contributed by atoms with Crippen molar-refractivity contribution in [3.63, 3.8) is 0 Å². The number of carbonyl (C=O) groups excluding carboxylic acids is 3. The van der Waals surface area contributed by atoms with Crippen LogP contribution in [0.2, 0.25) is 0 Å². The van der Waals surface area contributed by atoms with Gasteiger partial charge in [0.2, 0.25) is 11.8 Å². The number of hydrogen-bond donors (Lipinski definition) is 5. The predicted molar refractivity (Wildman–Crippen MR) is 336 cm³/mol. The summed E-state index contributed by atoms with van der Waals surface area (Å²) in [5, 5.41) is 38.6. The number of nitrogens with one attached hydrogen (secondary N) is 3. The second-order valence-electron chi connectivity index (χ2n) is 25.5. The summed E-state index contributed by atoms with van der Waals surface area (Å²) in [6.45, 7) is 16.2. The standard InChI is InChI=1S/C66H81FN12O8S/c1-7-41-10-8-11-44-28-48(80)29-50(56(41)44)58-57(67)59-51(32-69-58)61(78-33-46-17-18-47(34-78)72-46)74-64(73-59)85-27-21-66(6,20-19-45-12-9-22-68-45)36-86-65(84)77-25-23-76(24-26-77)54-31-53(87-75-54)55(38(2)3)63(83)79-35-49(81)30-52(79)62(82)71-39(4)42-13-15-43(16-14-42)60-40(5)70-37-88-60/h8,10-11,13-16,28-29,31-32,37-39,45-47,49,52,55,68,72,80-81H,7,9,12,17-27,30,33-36H2,1-6H3,(H,71,82)/t39-,45?,46?,47?,49+,52-,55?,66+/m0/s1. The molecule has 0 aliphatic carbocycles. The topological polar surface area (TPSA) is 237 Å². The minimum Gasteiger partial charge on any atom is -0.508 e. The summed E-state index contributed by atoms with van der Waals surface area (Å²) in [6, 6.07) is 18.6. The number of piperazine rings is 2. The molecule has 3 aromatic carbocycles. The third-order valence-electron chi connectivity index (χ3n) is 18.8. The number of anilines is 2. The number of aromatic nitrogens is 5. The molecule has 0 radical (unpaired) electrons. The SMILES string of the molecule is CCc1cccc2cc(O)cc(-c3ncc4c(N5CC6CCC(C5)N6)nc(OCC[C@@](C)(CCC5CCCN5)COC(=O)N5CCN(c6cc(C(C(=O)N7C[C@H](O)C[C@H]7C(=O)N[C@@H](C)c7ccc(-c8scnc8C)cc7)C(C)C)on6)CC5)nc4c3F)c12. The Hall–Kier alpha value is -7.53. The Morgan fingerprint density at radius 2 is 1.74 bits per heavy atom. The Labute approximate surface area is 516 Å². The third kappa shape index (κ3) is 12.8.